The van der Waals surface area contributed by atoms with Crippen molar-refractivity contribution in [1.82, 2.24) is 10.2 Å². The number of amides is 2. The van der Waals surface area contributed by atoms with Gasteiger partial charge in [-0.05, 0) is 35.4 Å². The van der Waals surface area contributed by atoms with Crippen molar-refractivity contribution in [3.05, 3.63) is 69.7 Å². The van der Waals surface area contributed by atoms with Crippen molar-refractivity contribution in [2.45, 2.75) is 19.5 Å². The summed E-state index contributed by atoms with van der Waals surface area (Å²) in [6.07, 6.45) is 0.250. The monoisotopic (exact) mass is 376 g/mol. The van der Waals surface area contributed by atoms with Crippen LogP contribution in [-0.4, -0.2) is 23.3 Å². The third-order valence-electron chi connectivity index (χ3n) is 4.25. The Bertz CT molecular complexity index is 760. The molecular formula is C19H18Cl2N2O2. The molecule has 1 N–H and O–H groups in total. The van der Waals surface area contributed by atoms with Gasteiger partial charge in [0, 0.05) is 36.1 Å². The van der Waals surface area contributed by atoms with Gasteiger partial charge in [-0.1, -0.05) is 47.5 Å². The van der Waals surface area contributed by atoms with Crippen LogP contribution in [0.4, 0.5) is 0 Å². The summed E-state index contributed by atoms with van der Waals surface area (Å²) < 4.78 is 0. The fraction of sp³-hybridized carbons (Fsp3) is 0.263. The second-order valence-corrected chi connectivity index (χ2v) is 7.02. The molecule has 2 aromatic carbocycles. The van der Waals surface area contributed by atoms with Crippen LogP contribution in [-0.2, 0) is 22.7 Å². The Morgan fingerprint density at radius 2 is 1.56 bits per heavy atom. The first-order chi connectivity index (χ1) is 12.0. The third kappa shape index (κ3) is 4.74. The van der Waals surface area contributed by atoms with E-state index in [1.165, 1.54) is 0 Å². The molecule has 1 atom stereocenters. The van der Waals surface area contributed by atoms with Gasteiger partial charge in [-0.3, -0.25) is 9.59 Å². The topological polar surface area (TPSA) is 49.4 Å². The summed E-state index contributed by atoms with van der Waals surface area (Å²) in [5, 5.41) is 4.22. The van der Waals surface area contributed by atoms with Crippen LogP contribution in [0.2, 0.25) is 10.0 Å². The van der Waals surface area contributed by atoms with Gasteiger partial charge >= 0.3 is 0 Å². The Morgan fingerprint density at radius 3 is 2.16 bits per heavy atom. The van der Waals surface area contributed by atoms with Crippen molar-refractivity contribution in [3.63, 3.8) is 0 Å². The first-order valence-electron chi connectivity index (χ1n) is 8.05. The van der Waals surface area contributed by atoms with Gasteiger partial charge < -0.3 is 10.2 Å². The van der Waals surface area contributed by atoms with Crippen LogP contribution < -0.4 is 5.32 Å². The van der Waals surface area contributed by atoms with E-state index in [1.807, 2.05) is 24.3 Å². The van der Waals surface area contributed by atoms with Crippen molar-refractivity contribution in [1.29, 1.82) is 0 Å². The average Bonchev–Trinajstić information content (AvgIpc) is 2.97. The molecule has 0 saturated carbocycles. The molecule has 1 aliphatic rings. The minimum atomic E-state index is -0.313. The standard InChI is InChI=1S/C19H18Cl2N2O2/c20-16-5-1-13(2-6-16)10-22-19(25)15-9-18(24)23(12-15)11-14-3-7-17(21)8-4-14/h1-8,15H,9-12H2,(H,22,25). The van der Waals surface area contributed by atoms with Crippen molar-refractivity contribution < 1.29 is 9.59 Å². The molecule has 0 aliphatic carbocycles. The van der Waals surface area contributed by atoms with Gasteiger partial charge in [0.2, 0.25) is 11.8 Å². The maximum absolute atomic E-state index is 12.3. The highest BCUT2D eigenvalue weighted by Gasteiger charge is 2.34. The lowest BCUT2D eigenvalue weighted by atomic mass is 10.1. The van der Waals surface area contributed by atoms with E-state index >= 15 is 0 Å². The fourth-order valence-corrected chi connectivity index (χ4v) is 3.10. The van der Waals surface area contributed by atoms with Crippen LogP contribution in [0, 0.1) is 5.92 Å². The summed E-state index contributed by atoms with van der Waals surface area (Å²) in [5.41, 5.74) is 1.97. The highest BCUT2D eigenvalue weighted by molar-refractivity contribution is 6.30. The number of nitrogens with one attached hydrogen (secondary N) is 1. The van der Waals surface area contributed by atoms with Crippen LogP contribution >= 0.6 is 23.2 Å². The molecule has 25 heavy (non-hydrogen) atoms. The molecule has 0 aromatic heterocycles. The third-order valence-corrected chi connectivity index (χ3v) is 4.76. The smallest absolute Gasteiger partial charge is 0.225 e. The molecule has 0 bridgehead atoms. The van der Waals surface area contributed by atoms with Gasteiger partial charge in [0.25, 0.3) is 0 Å². The van der Waals surface area contributed by atoms with Crippen molar-refractivity contribution in [2.24, 2.45) is 5.92 Å². The highest BCUT2D eigenvalue weighted by Crippen LogP contribution is 2.21. The summed E-state index contributed by atoms with van der Waals surface area (Å²) in [7, 11) is 0. The normalized spacial score (nSPS) is 17.0. The quantitative estimate of drug-likeness (QED) is 0.865. The first kappa shape index (κ1) is 17.8. The second kappa shape index (κ2) is 7.89. The van der Waals surface area contributed by atoms with Gasteiger partial charge in [-0.2, -0.15) is 0 Å². The lowest BCUT2D eigenvalue weighted by molar-refractivity contribution is -0.129. The lowest BCUT2D eigenvalue weighted by Gasteiger charge is -2.17. The predicted molar refractivity (Wildman–Crippen MR) is 98.3 cm³/mol. The number of hydrogen-bond acceptors (Lipinski definition) is 2. The van der Waals surface area contributed by atoms with Gasteiger partial charge in [0.15, 0.2) is 0 Å². The zero-order valence-electron chi connectivity index (χ0n) is 13.5. The Labute approximate surface area is 156 Å². The maximum Gasteiger partial charge on any atom is 0.225 e. The SMILES string of the molecule is O=C(NCc1ccc(Cl)cc1)C1CC(=O)N(Cc2ccc(Cl)cc2)C1. The second-order valence-electron chi connectivity index (χ2n) is 6.15. The van der Waals surface area contributed by atoms with Crippen LogP contribution in [0.3, 0.4) is 0 Å². The van der Waals surface area contributed by atoms with Crippen LogP contribution in [0.25, 0.3) is 0 Å². The van der Waals surface area contributed by atoms with E-state index in [0.29, 0.717) is 29.7 Å². The number of benzene rings is 2. The molecule has 1 heterocycles. The lowest BCUT2D eigenvalue weighted by Crippen LogP contribution is -2.32. The Kier molecular flexibility index (Phi) is 5.61. The molecule has 1 aliphatic heterocycles. The molecule has 0 spiro atoms. The summed E-state index contributed by atoms with van der Waals surface area (Å²) in [6.45, 7) is 1.36. The average molecular weight is 377 g/mol. The maximum atomic E-state index is 12.3. The predicted octanol–water partition coefficient (Wildman–Crippen LogP) is 3.66. The number of halogens is 2. The summed E-state index contributed by atoms with van der Waals surface area (Å²) in [5.74, 6) is -0.407. The van der Waals surface area contributed by atoms with Crippen molar-refractivity contribution in [2.75, 3.05) is 6.54 Å². The number of hydrogen-bond donors (Lipinski definition) is 1. The first-order valence-corrected chi connectivity index (χ1v) is 8.81. The van der Waals surface area contributed by atoms with E-state index in [4.69, 9.17) is 23.2 Å². The largest absolute Gasteiger partial charge is 0.352 e. The van der Waals surface area contributed by atoms with Crippen LogP contribution in [0.1, 0.15) is 17.5 Å². The fourth-order valence-electron chi connectivity index (χ4n) is 2.85. The van der Waals surface area contributed by atoms with Gasteiger partial charge in [0.05, 0.1) is 5.92 Å². The summed E-state index contributed by atoms with van der Waals surface area (Å²) >= 11 is 11.7. The Balaban J connectivity index is 1.53. The van der Waals surface area contributed by atoms with E-state index in [1.54, 1.807) is 29.2 Å². The summed E-state index contributed by atoms with van der Waals surface area (Å²) in [6, 6.07) is 14.7. The molecule has 1 saturated heterocycles. The Morgan fingerprint density at radius 1 is 1.00 bits per heavy atom. The van der Waals surface area contributed by atoms with E-state index < -0.39 is 0 Å². The van der Waals surface area contributed by atoms with Gasteiger partial charge in [-0.25, -0.2) is 0 Å². The zero-order chi connectivity index (χ0) is 17.8. The minimum absolute atomic E-state index is 0.00147. The Hall–Kier alpha value is -2.04. The summed E-state index contributed by atoms with van der Waals surface area (Å²) in [4.78, 5) is 26.2. The number of nitrogens with zero attached hydrogens (tertiary/aromatic N) is 1. The molecule has 4 nitrogen and oxygen atoms in total. The number of likely N-dealkylation sites (tertiary alicyclic amines) is 1. The van der Waals surface area contributed by atoms with Gasteiger partial charge in [0.1, 0.15) is 0 Å². The van der Waals surface area contributed by atoms with E-state index in [2.05, 4.69) is 5.32 Å². The minimum Gasteiger partial charge on any atom is -0.352 e. The molecule has 6 heteroatoms. The molecule has 1 unspecified atom stereocenters. The molecule has 2 amide bonds. The molecule has 1 fully saturated rings. The number of carbonyl (C=O) groups is 2. The zero-order valence-corrected chi connectivity index (χ0v) is 15.1. The highest BCUT2D eigenvalue weighted by atomic mass is 35.5. The van der Waals surface area contributed by atoms with Crippen molar-refractivity contribution in [3.8, 4) is 0 Å². The molecule has 3 rings (SSSR count). The molecular weight excluding hydrogens is 359 g/mol. The number of rotatable bonds is 5. The van der Waals surface area contributed by atoms with Crippen molar-refractivity contribution >= 4 is 35.0 Å². The van der Waals surface area contributed by atoms with E-state index in [-0.39, 0.29) is 24.2 Å². The molecule has 2 aromatic rings. The van der Waals surface area contributed by atoms with E-state index in [9.17, 15) is 9.59 Å². The van der Waals surface area contributed by atoms with E-state index in [0.717, 1.165) is 11.1 Å². The number of carbonyl (C=O) groups excluding carboxylic acids is 2. The molecule has 0 radical (unpaired) electrons. The van der Waals surface area contributed by atoms with Crippen LogP contribution in [0.15, 0.2) is 48.5 Å². The van der Waals surface area contributed by atoms with Gasteiger partial charge in [-0.15, -0.1) is 0 Å². The molecule has 130 valence electrons. The van der Waals surface area contributed by atoms with Crippen LogP contribution in [0.5, 0.6) is 0 Å².